The number of alkyl halides is 6. The molecule has 1 aromatic heterocycles. The van der Waals surface area contributed by atoms with Crippen LogP contribution in [0.1, 0.15) is 92.8 Å². The maximum absolute atomic E-state index is 12.4. The molecule has 1 fully saturated rings. The van der Waals surface area contributed by atoms with E-state index < -0.39 is 23.5 Å². The van der Waals surface area contributed by atoms with Crippen molar-refractivity contribution in [3.63, 3.8) is 0 Å². The molecule has 0 radical (unpaired) electrons. The van der Waals surface area contributed by atoms with Crippen LogP contribution < -0.4 is 4.74 Å². The Morgan fingerprint density at radius 2 is 1.46 bits per heavy atom. The van der Waals surface area contributed by atoms with Gasteiger partial charge in [-0.3, -0.25) is 9.88 Å². The van der Waals surface area contributed by atoms with Crippen molar-refractivity contribution < 1.29 is 31.1 Å². The minimum Gasteiger partial charge on any atom is -0.490 e. The highest BCUT2D eigenvalue weighted by Crippen LogP contribution is 2.32. The summed E-state index contributed by atoms with van der Waals surface area (Å²) in [5.74, 6) is 1.85. The van der Waals surface area contributed by atoms with Crippen molar-refractivity contribution in [3.05, 3.63) is 94.3 Å². The van der Waals surface area contributed by atoms with Crippen LogP contribution in [0.4, 0.5) is 26.3 Å². The lowest BCUT2D eigenvalue weighted by Gasteiger charge is -2.26. The molecule has 4 nitrogen and oxygen atoms in total. The molecule has 1 aliphatic rings. The van der Waals surface area contributed by atoms with Gasteiger partial charge in [0.15, 0.2) is 0 Å². The zero-order chi connectivity index (χ0) is 34.3. The average molecular weight is 650 g/mol. The molecule has 0 N–H and O–H groups in total. The van der Waals surface area contributed by atoms with Gasteiger partial charge in [0.2, 0.25) is 0 Å². The average Bonchev–Trinajstić information content (AvgIpc) is 2.99. The molecule has 4 rings (SSSR count). The Kier molecular flexibility index (Phi) is 15.6. The quantitative estimate of drug-likeness (QED) is 0.228. The highest BCUT2D eigenvalue weighted by Gasteiger charge is 2.33. The Morgan fingerprint density at radius 3 is 1.96 bits per heavy atom. The summed E-state index contributed by atoms with van der Waals surface area (Å²) in [6.45, 7) is 12.8. The molecule has 3 aromatic rings. The third kappa shape index (κ3) is 13.8. The molecule has 252 valence electrons. The van der Waals surface area contributed by atoms with E-state index in [9.17, 15) is 26.3 Å². The Morgan fingerprint density at radius 1 is 0.848 bits per heavy atom. The van der Waals surface area contributed by atoms with Gasteiger partial charge in [-0.25, -0.2) is 0 Å². The largest absolute Gasteiger partial charge is 0.490 e. The van der Waals surface area contributed by atoms with Crippen LogP contribution in [-0.4, -0.2) is 29.1 Å². The number of halogens is 6. The zero-order valence-corrected chi connectivity index (χ0v) is 27.3. The molecule has 1 aliphatic carbocycles. The first kappa shape index (κ1) is 38.6. The highest BCUT2D eigenvalue weighted by molar-refractivity contribution is 5.41. The number of hydrogen-bond acceptors (Lipinski definition) is 4. The van der Waals surface area contributed by atoms with Crippen LogP contribution in [0.2, 0.25) is 0 Å². The van der Waals surface area contributed by atoms with Crippen LogP contribution in [0, 0.1) is 31.1 Å². The van der Waals surface area contributed by atoms with E-state index in [-0.39, 0.29) is 5.56 Å². The first-order valence-corrected chi connectivity index (χ1v) is 15.7. The van der Waals surface area contributed by atoms with Crippen LogP contribution in [0.5, 0.6) is 5.75 Å². The SMILES string of the molecule is CCCN(CCC)Cc1ccc(C(F)(F)F)cc1.Cc1cc(OC2CCC(C)CC2)ccn1.Cc1ccc(C#N)c(C(F)(F)F)c1. The molecule has 0 amide bonds. The van der Waals surface area contributed by atoms with Crippen molar-refractivity contribution in [3.8, 4) is 11.8 Å². The van der Waals surface area contributed by atoms with E-state index >= 15 is 0 Å². The predicted octanol–water partition coefficient (Wildman–Crippen LogP) is 10.6. The lowest BCUT2D eigenvalue weighted by molar-refractivity contribution is -0.138. The number of aromatic nitrogens is 1. The molecule has 0 spiro atoms. The van der Waals surface area contributed by atoms with E-state index in [1.54, 1.807) is 19.1 Å². The van der Waals surface area contributed by atoms with E-state index in [0.717, 1.165) is 73.6 Å². The highest BCUT2D eigenvalue weighted by atomic mass is 19.4. The van der Waals surface area contributed by atoms with Gasteiger partial charge in [0.05, 0.1) is 28.9 Å². The van der Waals surface area contributed by atoms with E-state index in [2.05, 4.69) is 30.7 Å². The molecule has 0 atom stereocenters. The summed E-state index contributed by atoms with van der Waals surface area (Å²) >= 11 is 0. The molecule has 0 bridgehead atoms. The van der Waals surface area contributed by atoms with Crippen molar-refractivity contribution in [2.24, 2.45) is 5.92 Å². The number of nitrogens with zero attached hydrogens (tertiary/aromatic N) is 3. The van der Waals surface area contributed by atoms with Crippen molar-refractivity contribution in [1.29, 1.82) is 5.26 Å². The van der Waals surface area contributed by atoms with Crippen molar-refractivity contribution in [2.45, 2.75) is 98.1 Å². The van der Waals surface area contributed by atoms with Gasteiger partial charge in [0.1, 0.15) is 5.75 Å². The first-order valence-electron chi connectivity index (χ1n) is 15.7. The fourth-order valence-electron chi connectivity index (χ4n) is 5.08. The second-order valence-electron chi connectivity index (χ2n) is 11.8. The van der Waals surface area contributed by atoms with Gasteiger partial charge in [-0.15, -0.1) is 0 Å². The Bertz CT molecular complexity index is 1350. The summed E-state index contributed by atoms with van der Waals surface area (Å²) < 4.78 is 80.0. The van der Waals surface area contributed by atoms with Crippen molar-refractivity contribution in [1.82, 2.24) is 9.88 Å². The maximum atomic E-state index is 12.4. The molecule has 46 heavy (non-hydrogen) atoms. The molecular formula is C36H45F6N3O. The predicted molar refractivity (Wildman–Crippen MR) is 169 cm³/mol. The van der Waals surface area contributed by atoms with Gasteiger partial charge >= 0.3 is 12.4 Å². The molecule has 0 unspecified atom stereocenters. The van der Waals surface area contributed by atoms with E-state index in [1.807, 2.05) is 25.3 Å². The van der Waals surface area contributed by atoms with Gasteiger partial charge in [0.25, 0.3) is 0 Å². The molecule has 2 aromatic carbocycles. The Labute approximate surface area is 269 Å². The molecular weight excluding hydrogens is 604 g/mol. The third-order valence-electron chi connectivity index (χ3n) is 7.50. The lowest BCUT2D eigenvalue weighted by atomic mass is 9.89. The van der Waals surface area contributed by atoms with Crippen LogP contribution in [0.15, 0.2) is 60.8 Å². The summed E-state index contributed by atoms with van der Waals surface area (Å²) in [4.78, 5) is 6.43. The van der Waals surface area contributed by atoms with Gasteiger partial charge < -0.3 is 4.74 Å². The van der Waals surface area contributed by atoms with Gasteiger partial charge in [0, 0.05) is 24.5 Å². The smallest absolute Gasteiger partial charge is 0.417 e. The zero-order valence-electron chi connectivity index (χ0n) is 27.3. The fraction of sp³-hybridized carbons (Fsp3) is 0.500. The van der Waals surface area contributed by atoms with Crippen LogP contribution >= 0.6 is 0 Å². The summed E-state index contributed by atoms with van der Waals surface area (Å²) in [6, 6.07) is 14.6. The number of ether oxygens (including phenoxy) is 1. The van der Waals surface area contributed by atoms with Gasteiger partial charge in [-0.1, -0.05) is 44.5 Å². The van der Waals surface area contributed by atoms with Gasteiger partial charge in [-0.05, 0) is 107 Å². The fourth-order valence-corrected chi connectivity index (χ4v) is 5.08. The summed E-state index contributed by atoms with van der Waals surface area (Å²) in [7, 11) is 0. The number of benzene rings is 2. The monoisotopic (exact) mass is 649 g/mol. The number of pyridine rings is 1. The first-order chi connectivity index (χ1) is 21.7. The van der Waals surface area contributed by atoms with Crippen molar-refractivity contribution in [2.75, 3.05) is 13.1 Å². The minimum atomic E-state index is -4.45. The Balaban J connectivity index is 0.000000243. The van der Waals surface area contributed by atoms with Crippen LogP contribution in [0.25, 0.3) is 0 Å². The molecule has 0 saturated heterocycles. The van der Waals surface area contributed by atoms with Gasteiger partial charge in [-0.2, -0.15) is 31.6 Å². The van der Waals surface area contributed by atoms with E-state index in [0.29, 0.717) is 11.7 Å². The van der Waals surface area contributed by atoms with Crippen molar-refractivity contribution >= 4 is 0 Å². The molecule has 10 heteroatoms. The molecule has 1 saturated carbocycles. The standard InChI is InChI=1S/C14H20F3N.C13H19NO.C9H6F3N/c1-3-9-18(10-4-2)11-12-5-7-13(8-6-12)14(15,16)17;1-10-3-5-12(6-4-10)15-13-7-8-14-11(2)9-13;1-6-2-3-7(5-13)8(4-6)9(10,11)12/h5-8H,3-4,9-11H2,1-2H3;7-10,12H,3-6H2,1-2H3;2-4H,1H3. The normalized spacial score (nSPS) is 16.4. The number of nitriles is 1. The second kappa shape index (κ2) is 18.5. The third-order valence-corrected chi connectivity index (χ3v) is 7.50. The molecule has 1 heterocycles. The van der Waals surface area contributed by atoms with E-state index in [4.69, 9.17) is 10.00 Å². The summed E-state index contributed by atoms with van der Waals surface area (Å²) in [5, 5.41) is 8.42. The van der Waals surface area contributed by atoms with Crippen LogP contribution in [-0.2, 0) is 18.9 Å². The van der Waals surface area contributed by atoms with Crippen LogP contribution in [0.3, 0.4) is 0 Å². The minimum absolute atomic E-state index is 0.335. The topological polar surface area (TPSA) is 49.1 Å². The summed E-state index contributed by atoms with van der Waals surface area (Å²) in [5.41, 5.74) is 0.671. The molecule has 0 aliphatic heterocycles. The lowest BCUT2D eigenvalue weighted by Crippen LogP contribution is -2.24. The number of rotatable bonds is 8. The number of hydrogen-bond donors (Lipinski definition) is 0. The number of aryl methyl sites for hydroxylation is 2. The maximum Gasteiger partial charge on any atom is 0.417 e. The second-order valence-corrected chi connectivity index (χ2v) is 11.8. The Hall–Kier alpha value is -3.58. The summed E-state index contributed by atoms with van der Waals surface area (Å²) in [6.07, 6.45) is 0.650. The van der Waals surface area contributed by atoms with E-state index in [1.165, 1.54) is 43.9 Å².